The largest absolute Gasteiger partial charge is 0.494 e. The van der Waals surface area contributed by atoms with Crippen LogP contribution in [0.2, 0.25) is 0 Å². The van der Waals surface area contributed by atoms with E-state index in [1.807, 2.05) is 13.0 Å². The molecule has 0 aliphatic carbocycles. The molecule has 0 atom stereocenters. The molecular weight excluding hydrogens is 398 g/mol. The fraction of sp³-hybridized carbons (Fsp3) is 0.292. The molecule has 1 amide bonds. The van der Waals surface area contributed by atoms with Gasteiger partial charge in [0.2, 0.25) is 11.7 Å². The van der Waals surface area contributed by atoms with E-state index in [9.17, 15) is 14.4 Å². The summed E-state index contributed by atoms with van der Waals surface area (Å²) >= 11 is 0. The zero-order valence-electron chi connectivity index (χ0n) is 17.5. The summed E-state index contributed by atoms with van der Waals surface area (Å²) in [7, 11) is 0. The highest BCUT2D eigenvalue weighted by molar-refractivity contribution is 6.02. The van der Waals surface area contributed by atoms with Crippen molar-refractivity contribution in [2.24, 2.45) is 0 Å². The van der Waals surface area contributed by atoms with Crippen LogP contribution in [-0.4, -0.2) is 37.4 Å². The molecule has 0 N–H and O–H groups in total. The van der Waals surface area contributed by atoms with Gasteiger partial charge in [-0.05, 0) is 50.6 Å². The second-order valence-corrected chi connectivity index (χ2v) is 7.35. The Hall–Kier alpha value is -3.61. The third-order valence-corrected chi connectivity index (χ3v) is 5.29. The Balaban J connectivity index is 1.46. The molecular formula is C24H23NO6. The summed E-state index contributed by atoms with van der Waals surface area (Å²) in [5, 5.41) is 0.757. The molecule has 1 aliphatic heterocycles. The summed E-state index contributed by atoms with van der Waals surface area (Å²) < 4.78 is 16.4. The second-order valence-electron chi connectivity index (χ2n) is 7.35. The number of hydrogen-bond acceptors (Lipinski definition) is 6. The van der Waals surface area contributed by atoms with Crippen LogP contribution >= 0.6 is 0 Å². The smallest absolute Gasteiger partial charge is 0.375 e. The maximum Gasteiger partial charge on any atom is 0.375 e. The van der Waals surface area contributed by atoms with Crippen molar-refractivity contribution in [3.63, 3.8) is 0 Å². The lowest BCUT2D eigenvalue weighted by molar-refractivity contribution is -0.117. The molecule has 1 fully saturated rings. The summed E-state index contributed by atoms with van der Waals surface area (Å²) in [5.74, 6) is -0.262. The fourth-order valence-electron chi connectivity index (χ4n) is 3.70. The van der Waals surface area contributed by atoms with Gasteiger partial charge in [-0.1, -0.05) is 12.1 Å². The lowest BCUT2D eigenvalue weighted by Crippen LogP contribution is -2.24. The van der Waals surface area contributed by atoms with E-state index in [1.54, 1.807) is 48.2 Å². The third-order valence-electron chi connectivity index (χ3n) is 5.29. The number of fused-ring (bicyclic) bond motifs is 1. The van der Waals surface area contributed by atoms with Gasteiger partial charge in [-0.2, -0.15) is 0 Å². The number of carbonyl (C=O) groups is 3. The molecule has 0 unspecified atom stereocenters. The lowest BCUT2D eigenvalue weighted by atomic mass is 10.1. The van der Waals surface area contributed by atoms with Gasteiger partial charge in [-0.15, -0.1) is 0 Å². The zero-order valence-corrected chi connectivity index (χ0v) is 17.5. The molecule has 7 heteroatoms. The van der Waals surface area contributed by atoms with Gasteiger partial charge < -0.3 is 18.8 Å². The van der Waals surface area contributed by atoms with Crippen molar-refractivity contribution in [3.05, 3.63) is 59.4 Å². The zero-order chi connectivity index (χ0) is 22.0. The minimum Gasteiger partial charge on any atom is -0.494 e. The number of hydrogen-bond donors (Lipinski definition) is 0. The van der Waals surface area contributed by atoms with Gasteiger partial charge in [-0.25, -0.2) is 4.79 Å². The highest BCUT2D eigenvalue weighted by Crippen LogP contribution is 2.29. The number of esters is 1. The van der Waals surface area contributed by atoms with Gasteiger partial charge in [0.1, 0.15) is 11.3 Å². The summed E-state index contributed by atoms with van der Waals surface area (Å²) in [6.07, 6.45) is 1.32. The molecule has 0 bridgehead atoms. The Morgan fingerprint density at radius 3 is 2.74 bits per heavy atom. The number of Topliss-reactive ketones (excluding diaryl/α,β-unsaturated/α-hetero) is 1. The quantitative estimate of drug-likeness (QED) is 0.417. The summed E-state index contributed by atoms with van der Waals surface area (Å²) in [6, 6.07) is 12.1. The highest BCUT2D eigenvalue weighted by atomic mass is 16.5. The Labute approximate surface area is 179 Å². The van der Waals surface area contributed by atoms with E-state index in [2.05, 4.69) is 0 Å². The second kappa shape index (κ2) is 8.63. The molecule has 1 saturated heterocycles. The number of ether oxygens (including phenoxy) is 2. The Morgan fingerprint density at radius 2 is 2.00 bits per heavy atom. The molecule has 1 aliphatic rings. The topological polar surface area (TPSA) is 86.1 Å². The molecule has 4 rings (SSSR count). The van der Waals surface area contributed by atoms with E-state index >= 15 is 0 Å². The van der Waals surface area contributed by atoms with Crippen molar-refractivity contribution >= 4 is 34.3 Å². The van der Waals surface area contributed by atoms with Gasteiger partial charge in [-0.3, -0.25) is 9.59 Å². The molecule has 3 aromatic rings. The standard InChI is InChI=1S/C24H23NO6/c1-3-29-18-9-10-21-19(13-18)15(2)23(31-21)24(28)30-14-20(26)16-6-4-7-17(12-16)25-11-5-8-22(25)27/h4,6-7,9-10,12-13H,3,5,8,11,14H2,1-2H3. The first-order valence-corrected chi connectivity index (χ1v) is 10.2. The molecule has 0 spiro atoms. The van der Waals surface area contributed by atoms with Crippen molar-refractivity contribution < 1.29 is 28.3 Å². The molecule has 2 aromatic carbocycles. The Kier molecular flexibility index (Phi) is 5.75. The van der Waals surface area contributed by atoms with Crippen molar-refractivity contribution in [3.8, 4) is 5.75 Å². The number of benzene rings is 2. The Morgan fingerprint density at radius 1 is 1.16 bits per heavy atom. The van der Waals surface area contributed by atoms with Crippen LogP contribution in [0.1, 0.15) is 46.2 Å². The predicted molar refractivity (Wildman–Crippen MR) is 115 cm³/mol. The van der Waals surface area contributed by atoms with Crippen LogP contribution in [-0.2, 0) is 9.53 Å². The van der Waals surface area contributed by atoms with Crippen molar-refractivity contribution in [1.82, 2.24) is 0 Å². The average Bonchev–Trinajstić information content (AvgIpc) is 3.35. The lowest BCUT2D eigenvalue weighted by Gasteiger charge is -2.16. The molecule has 31 heavy (non-hydrogen) atoms. The summed E-state index contributed by atoms with van der Waals surface area (Å²) in [5.41, 5.74) is 2.23. The number of furan rings is 1. The number of anilines is 1. The minimum absolute atomic E-state index is 0.0453. The van der Waals surface area contributed by atoms with E-state index in [-0.39, 0.29) is 17.5 Å². The minimum atomic E-state index is -0.703. The van der Waals surface area contributed by atoms with Crippen LogP contribution in [0.4, 0.5) is 5.69 Å². The van der Waals surface area contributed by atoms with Gasteiger partial charge in [0.25, 0.3) is 0 Å². The third kappa shape index (κ3) is 4.17. The van der Waals surface area contributed by atoms with Crippen molar-refractivity contribution in [2.75, 3.05) is 24.7 Å². The summed E-state index contributed by atoms with van der Waals surface area (Å²) in [4.78, 5) is 38.7. The van der Waals surface area contributed by atoms with Crippen LogP contribution in [0, 0.1) is 6.92 Å². The number of rotatable bonds is 7. The summed E-state index contributed by atoms with van der Waals surface area (Å²) in [6.45, 7) is 4.41. The molecule has 1 aromatic heterocycles. The van der Waals surface area contributed by atoms with Gasteiger partial charge in [0.05, 0.1) is 6.61 Å². The maximum absolute atomic E-state index is 12.6. The first-order valence-electron chi connectivity index (χ1n) is 10.2. The SMILES string of the molecule is CCOc1ccc2oc(C(=O)OCC(=O)c3cccc(N4CCCC4=O)c3)c(C)c2c1. The number of amides is 1. The van der Waals surface area contributed by atoms with Crippen molar-refractivity contribution in [1.29, 1.82) is 0 Å². The van der Waals surface area contributed by atoms with Crippen LogP contribution in [0.3, 0.4) is 0 Å². The normalized spacial score (nSPS) is 13.6. The van der Waals surface area contributed by atoms with Gasteiger partial charge in [0, 0.05) is 35.2 Å². The predicted octanol–water partition coefficient (Wildman–Crippen LogP) is 4.31. The van der Waals surface area contributed by atoms with E-state index in [1.165, 1.54) is 0 Å². The maximum atomic E-state index is 12.6. The number of carbonyl (C=O) groups excluding carboxylic acids is 3. The van der Waals surface area contributed by atoms with E-state index in [0.29, 0.717) is 47.7 Å². The van der Waals surface area contributed by atoms with Crippen LogP contribution < -0.4 is 9.64 Å². The van der Waals surface area contributed by atoms with Crippen LogP contribution in [0.25, 0.3) is 11.0 Å². The van der Waals surface area contributed by atoms with Gasteiger partial charge in [0.15, 0.2) is 12.4 Å². The van der Waals surface area contributed by atoms with Crippen LogP contribution in [0.15, 0.2) is 46.9 Å². The monoisotopic (exact) mass is 421 g/mol. The first kappa shape index (κ1) is 20.7. The molecule has 160 valence electrons. The molecule has 2 heterocycles. The van der Waals surface area contributed by atoms with E-state index in [4.69, 9.17) is 13.9 Å². The number of nitrogens with zero attached hydrogens (tertiary/aromatic N) is 1. The van der Waals surface area contributed by atoms with Crippen molar-refractivity contribution in [2.45, 2.75) is 26.7 Å². The molecule has 0 saturated carbocycles. The first-order chi connectivity index (χ1) is 15.0. The molecule has 7 nitrogen and oxygen atoms in total. The van der Waals surface area contributed by atoms with Gasteiger partial charge >= 0.3 is 5.97 Å². The van der Waals surface area contributed by atoms with E-state index < -0.39 is 12.6 Å². The number of ketones is 1. The average molecular weight is 421 g/mol. The van der Waals surface area contributed by atoms with Crippen LogP contribution in [0.5, 0.6) is 5.75 Å². The highest BCUT2D eigenvalue weighted by Gasteiger charge is 2.23. The Bertz CT molecular complexity index is 1160. The molecule has 0 radical (unpaired) electrons. The number of aryl methyl sites for hydroxylation is 1. The fourth-order valence-corrected chi connectivity index (χ4v) is 3.70. The van der Waals surface area contributed by atoms with E-state index in [0.717, 1.165) is 11.8 Å².